The average Bonchev–Trinajstić information content (AvgIpc) is 3.41. The monoisotopic (exact) mass is 587 g/mol. The number of halogens is 2. The number of benzene rings is 5. The first-order valence-electron chi connectivity index (χ1n) is 15.0. The van der Waals surface area contributed by atoms with Crippen molar-refractivity contribution in [3.8, 4) is 45.0 Å². The van der Waals surface area contributed by atoms with Gasteiger partial charge < -0.3 is 4.90 Å². The van der Waals surface area contributed by atoms with Gasteiger partial charge in [-0.2, -0.15) is 0 Å². The summed E-state index contributed by atoms with van der Waals surface area (Å²) >= 11 is 0. The molecule has 0 spiro atoms. The van der Waals surface area contributed by atoms with Gasteiger partial charge in [0.15, 0.2) is 5.82 Å². The highest BCUT2D eigenvalue weighted by Gasteiger charge is 2.38. The zero-order valence-electron chi connectivity index (χ0n) is 24.2. The second-order valence-electron chi connectivity index (χ2n) is 11.3. The Balaban J connectivity index is 1.15. The Hall–Kier alpha value is -5.68. The normalized spacial score (nSPS) is 16.7. The maximum absolute atomic E-state index is 14.2. The van der Waals surface area contributed by atoms with Crippen molar-refractivity contribution in [2.45, 2.75) is 12.0 Å². The molecule has 0 saturated carbocycles. The number of aromatic nitrogens is 2. The quantitative estimate of drug-likeness (QED) is 0.201. The van der Waals surface area contributed by atoms with Gasteiger partial charge in [0.05, 0.1) is 17.4 Å². The van der Waals surface area contributed by atoms with Crippen LogP contribution in [0.2, 0.25) is 0 Å². The molecule has 6 aromatic rings. The molecule has 3 nitrogen and oxygen atoms in total. The molecule has 0 radical (unpaired) electrons. The molecule has 2 heterocycles. The number of allylic oxidation sites excluding steroid dienone is 2. The summed E-state index contributed by atoms with van der Waals surface area (Å²) in [4.78, 5) is 12.1. The highest BCUT2D eigenvalue weighted by atomic mass is 19.1. The van der Waals surface area contributed by atoms with Gasteiger partial charge in [-0.05, 0) is 71.3 Å². The number of fused-ring (bicyclic) bond motifs is 3. The smallest absolute Gasteiger partial charge is 0.160 e. The van der Waals surface area contributed by atoms with Gasteiger partial charge in [-0.15, -0.1) is 0 Å². The van der Waals surface area contributed by atoms with Crippen molar-refractivity contribution < 1.29 is 8.78 Å². The Kier molecular flexibility index (Phi) is 6.64. The lowest BCUT2D eigenvalue weighted by molar-refractivity contribution is 0.615. The molecule has 1 aliphatic heterocycles. The molecular weight excluding hydrogens is 560 g/mol. The standard InChI is InChI=1S/C40H27F2N3/c41-31-16-20-38-34(23-31)35-24-32(42)17-21-39(35)45(38)33-18-14-26(15-19-33)29-12-7-13-30(22-29)37-25-36(27-8-3-1-4-9-27)43-40(44-37)28-10-5-2-6-11-28/h1-25,34,38H. The zero-order valence-corrected chi connectivity index (χ0v) is 24.2. The fourth-order valence-electron chi connectivity index (χ4n) is 6.38. The summed E-state index contributed by atoms with van der Waals surface area (Å²) in [6, 6.07) is 43.6. The Labute approximate surface area is 260 Å². The van der Waals surface area contributed by atoms with Crippen molar-refractivity contribution in [3.05, 3.63) is 169 Å². The topological polar surface area (TPSA) is 29.0 Å². The number of hydrogen-bond acceptors (Lipinski definition) is 3. The third kappa shape index (κ3) is 5.02. The van der Waals surface area contributed by atoms with Gasteiger partial charge in [0.25, 0.3) is 0 Å². The first-order valence-corrected chi connectivity index (χ1v) is 15.0. The van der Waals surface area contributed by atoms with E-state index in [-0.39, 0.29) is 23.6 Å². The second-order valence-corrected chi connectivity index (χ2v) is 11.3. The highest BCUT2D eigenvalue weighted by molar-refractivity contribution is 5.79. The molecule has 5 heteroatoms. The number of anilines is 2. The van der Waals surface area contributed by atoms with Crippen molar-refractivity contribution in [1.29, 1.82) is 0 Å². The molecule has 216 valence electrons. The number of rotatable bonds is 5. The van der Waals surface area contributed by atoms with E-state index in [0.29, 0.717) is 5.82 Å². The predicted octanol–water partition coefficient (Wildman–Crippen LogP) is 10.3. The van der Waals surface area contributed by atoms with E-state index >= 15 is 0 Å². The van der Waals surface area contributed by atoms with Crippen LogP contribution in [-0.2, 0) is 0 Å². The van der Waals surface area contributed by atoms with Gasteiger partial charge in [0, 0.05) is 34.0 Å². The van der Waals surface area contributed by atoms with E-state index in [1.807, 2.05) is 60.7 Å². The first kappa shape index (κ1) is 26.9. The molecule has 1 aromatic heterocycles. The van der Waals surface area contributed by atoms with E-state index in [1.165, 1.54) is 18.2 Å². The van der Waals surface area contributed by atoms with Gasteiger partial charge in [0.2, 0.25) is 0 Å². The van der Waals surface area contributed by atoms with E-state index < -0.39 is 0 Å². The Morgan fingerprint density at radius 3 is 1.98 bits per heavy atom. The maximum atomic E-state index is 14.2. The van der Waals surface area contributed by atoms with Crippen molar-refractivity contribution in [3.63, 3.8) is 0 Å². The lowest BCUT2D eigenvalue weighted by atomic mass is 9.91. The van der Waals surface area contributed by atoms with Crippen LogP contribution in [0, 0.1) is 5.82 Å². The summed E-state index contributed by atoms with van der Waals surface area (Å²) in [5.41, 5.74) is 9.47. The third-order valence-corrected chi connectivity index (χ3v) is 8.53. The fraction of sp³-hybridized carbons (Fsp3) is 0.0500. The predicted molar refractivity (Wildman–Crippen MR) is 177 cm³/mol. The van der Waals surface area contributed by atoms with Crippen LogP contribution in [0.15, 0.2) is 158 Å². The van der Waals surface area contributed by atoms with Crippen LogP contribution in [0.25, 0.3) is 45.0 Å². The van der Waals surface area contributed by atoms with Crippen molar-refractivity contribution in [1.82, 2.24) is 9.97 Å². The minimum atomic E-state index is -0.316. The Morgan fingerprint density at radius 1 is 0.556 bits per heavy atom. The van der Waals surface area contributed by atoms with Crippen LogP contribution < -0.4 is 4.90 Å². The van der Waals surface area contributed by atoms with E-state index in [9.17, 15) is 8.78 Å². The largest absolute Gasteiger partial charge is 0.333 e. The number of nitrogens with zero attached hydrogens (tertiary/aromatic N) is 3. The van der Waals surface area contributed by atoms with E-state index in [4.69, 9.17) is 9.97 Å². The number of hydrogen-bond donors (Lipinski definition) is 0. The zero-order chi connectivity index (χ0) is 30.3. The second kappa shape index (κ2) is 11.1. The summed E-state index contributed by atoms with van der Waals surface area (Å²) in [7, 11) is 0. The van der Waals surface area contributed by atoms with Crippen LogP contribution in [0.1, 0.15) is 11.5 Å². The van der Waals surface area contributed by atoms with Crippen LogP contribution in [0.5, 0.6) is 0 Å². The van der Waals surface area contributed by atoms with Gasteiger partial charge in [-0.1, -0.05) is 97.1 Å². The lowest BCUT2D eigenvalue weighted by Crippen LogP contribution is -2.28. The molecule has 0 saturated heterocycles. The molecule has 2 aliphatic rings. The summed E-state index contributed by atoms with van der Waals surface area (Å²) < 4.78 is 28.4. The molecule has 0 N–H and O–H groups in total. The van der Waals surface area contributed by atoms with Crippen LogP contribution in [0.4, 0.5) is 20.2 Å². The molecule has 5 aromatic carbocycles. The highest BCUT2D eigenvalue weighted by Crippen LogP contribution is 2.48. The molecular formula is C40H27F2N3. The van der Waals surface area contributed by atoms with Gasteiger partial charge in [-0.25, -0.2) is 18.7 Å². The third-order valence-electron chi connectivity index (χ3n) is 8.53. The summed E-state index contributed by atoms with van der Waals surface area (Å²) in [6.45, 7) is 0. The summed E-state index contributed by atoms with van der Waals surface area (Å²) in [6.07, 6.45) is 4.95. The van der Waals surface area contributed by atoms with E-state index in [2.05, 4.69) is 65.6 Å². The van der Waals surface area contributed by atoms with Crippen molar-refractivity contribution >= 4 is 11.4 Å². The van der Waals surface area contributed by atoms with Gasteiger partial charge in [-0.3, -0.25) is 0 Å². The van der Waals surface area contributed by atoms with Crippen molar-refractivity contribution in [2.75, 3.05) is 4.90 Å². The molecule has 1 aliphatic carbocycles. The molecule has 0 fully saturated rings. The average molecular weight is 588 g/mol. The van der Waals surface area contributed by atoms with Gasteiger partial charge in [0.1, 0.15) is 11.6 Å². The fourth-order valence-corrected chi connectivity index (χ4v) is 6.38. The lowest BCUT2D eigenvalue weighted by Gasteiger charge is -2.29. The Bertz CT molecular complexity index is 2030. The summed E-state index contributed by atoms with van der Waals surface area (Å²) in [5.74, 6) is -0.175. The van der Waals surface area contributed by atoms with Crippen molar-refractivity contribution in [2.24, 2.45) is 0 Å². The van der Waals surface area contributed by atoms with Crippen LogP contribution in [-0.4, -0.2) is 16.0 Å². The Morgan fingerprint density at radius 2 is 1.22 bits per heavy atom. The summed E-state index contributed by atoms with van der Waals surface area (Å²) in [5, 5.41) is 0. The van der Waals surface area contributed by atoms with Crippen LogP contribution >= 0.6 is 0 Å². The van der Waals surface area contributed by atoms with E-state index in [0.717, 1.165) is 56.1 Å². The molecule has 0 bridgehead atoms. The maximum Gasteiger partial charge on any atom is 0.160 e. The van der Waals surface area contributed by atoms with Crippen LogP contribution in [0.3, 0.4) is 0 Å². The minimum absolute atomic E-state index is 0.120. The molecule has 2 unspecified atom stereocenters. The van der Waals surface area contributed by atoms with E-state index in [1.54, 1.807) is 12.1 Å². The minimum Gasteiger partial charge on any atom is -0.333 e. The van der Waals surface area contributed by atoms with Gasteiger partial charge >= 0.3 is 0 Å². The molecule has 8 rings (SSSR count). The SMILES string of the molecule is FC1=CC2c3cc(F)ccc3N(c3ccc(-c4cccc(-c5cc(-c6ccccc6)nc(-c6ccccc6)n5)c4)cc3)C2C=C1. The molecule has 2 atom stereocenters. The molecule has 0 amide bonds. The first-order chi connectivity index (χ1) is 22.1. The molecule has 45 heavy (non-hydrogen) atoms.